The summed E-state index contributed by atoms with van der Waals surface area (Å²) >= 11 is 0. The van der Waals surface area contributed by atoms with E-state index >= 15 is 0 Å². The smallest absolute Gasteiger partial charge is 0.241 e. The molecule has 0 spiro atoms. The van der Waals surface area contributed by atoms with Crippen LogP contribution in [0, 0.1) is 11.3 Å². The SMILES string of the molecule is CC(C(=O)Nc1ccc(N)cc1)N1CCC(C(C)(C)C)C1. The number of hydrogen-bond acceptors (Lipinski definition) is 3. The van der Waals surface area contributed by atoms with Crippen molar-refractivity contribution >= 4 is 17.3 Å². The molecule has 1 aliphatic heterocycles. The molecule has 2 atom stereocenters. The summed E-state index contributed by atoms with van der Waals surface area (Å²) in [4.78, 5) is 14.6. The number of nitrogens with one attached hydrogen (secondary N) is 1. The summed E-state index contributed by atoms with van der Waals surface area (Å²) in [6.07, 6.45) is 1.17. The van der Waals surface area contributed by atoms with Gasteiger partial charge in [-0.25, -0.2) is 0 Å². The van der Waals surface area contributed by atoms with Crippen LogP contribution in [0.4, 0.5) is 11.4 Å². The number of anilines is 2. The van der Waals surface area contributed by atoms with Gasteiger partial charge in [-0.3, -0.25) is 9.69 Å². The van der Waals surface area contributed by atoms with E-state index in [4.69, 9.17) is 5.73 Å². The third kappa shape index (κ3) is 3.97. The molecule has 4 heteroatoms. The lowest BCUT2D eigenvalue weighted by Crippen LogP contribution is -2.41. The van der Waals surface area contributed by atoms with Crippen molar-refractivity contribution in [2.24, 2.45) is 11.3 Å². The third-order valence-electron chi connectivity index (χ3n) is 4.55. The van der Waals surface area contributed by atoms with Crippen molar-refractivity contribution < 1.29 is 4.79 Å². The van der Waals surface area contributed by atoms with Crippen LogP contribution in [0.3, 0.4) is 0 Å². The predicted molar refractivity (Wildman–Crippen MR) is 88.1 cm³/mol. The fourth-order valence-electron chi connectivity index (χ4n) is 2.82. The third-order valence-corrected chi connectivity index (χ3v) is 4.55. The number of carbonyl (C=O) groups excluding carboxylic acids is 1. The fourth-order valence-corrected chi connectivity index (χ4v) is 2.82. The van der Waals surface area contributed by atoms with E-state index in [1.807, 2.05) is 19.1 Å². The van der Waals surface area contributed by atoms with Gasteiger partial charge in [0.25, 0.3) is 0 Å². The number of carbonyl (C=O) groups is 1. The number of amides is 1. The maximum Gasteiger partial charge on any atom is 0.241 e. The summed E-state index contributed by atoms with van der Waals surface area (Å²) in [5, 5.41) is 2.96. The van der Waals surface area contributed by atoms with Crippen molar-refractivity contribution in [1.82, 2.24) is 4.90 Å². The summed E-state index contributed by atoms with van der Waals surface area (Å²) in [6.45, 7) is 10.8. The van der Waals surface area contributed by atoms with E-state index in [-0.39, 0.29) is 11.9 Å². The standard InChI is InChI=1S/C17H27N3O/c1-12(20-10-9-13(11-20)17(2,3)4)16(21)19-15-7-5-14(18)6-8-15/h5-8,12-13H,9-11,18H2,1-4H3,(H,19,21). The molecule has 0 bridgehead atoms. The number of nitrogens with two attached hydrogens (primary N) is 1. The van der Waals surface area contributed by atoms with Crippen LogP contribution in [-0.4, -0.2) is 29.9 Å². The first-order valence-corrected chi connectivity index (χ1v) is 7.68. The Balaban J connectivity index is 1.93. The van der Waals surface area contributed by atoms with Crippen molar-refractivity contribution in [3.8, 4) is 0 Å². The molecule has 0 aliphatic carbocycles. The lowest BCUT2D eigenvalue weighted by atomic mass is 9.80. The summed E-state index contributed by atoms with van der Waals surface area (Å²) < 4.78 is 0. The van der Waals surface area contributed by atoms with Gasteiger partial charge in [-0.15, -0.1) is 0 Å². The molecule has 1 aliphatic rings. The maximum absolute atomic E-state index is 12.4. The molecular weight excluding hydrogens is 262 g/mol. The van der Waals surface area contributed by atoms with E-state index in [2.05, 4.69) is 31.0 Å². The monoisotopic (exact) mass is 289 g/mol. The Bertz CT molecular complexity index is 490. The van der Waals surface area contributed by atoms with E-state index in [1.165, 1.54) is 6.42 Å². The van der Waals surface area contributed by atoms with Crippen LogP contribution in [0.25, 0.3) is 0 Å². The number of nitrogen functional groups attached to an aromatic ring is 1. The van der Waals surface area contributed by atoms with Gasteiger partial charge in [-0.1, -0.05) is 20.8 Å². The molecule has 0 saturated carbocycles. The molecule has 0 radical (unpaired) electrons. The maximum atomic E-state index is 12.4. The van der Waals surface area contributed by atoms with E-state index in [0.29, 0.717) is 17.0 Å². The second-order valence-electron chi connectivity index (χ2n) is 7.13. The number of benzene rings is 1. The van der Waals surface area contributed by atoms with Crippen molar-refractivity contribution in [3.63, 3.8) is 0 Å². The number of likely N-dealkylation sites (tertiary alicyclic amines) is 1. The molecule has 2 unspecified atom stereocenters. The minimum Gasteiger partial charge on any atom is -0.399 e. The molecule has 1 fully saturated rings. The molecule has 21 heavy (non-hydrogen) atoms. The van der Waals surface area contributed by atoms with Crippen LogP contribution in [-0.2, 0) is 4.79 Å². The van der Waals surface area contributed by atoms with E-state index in [1.54, 1.807) is 12.1 Å². The van der Waals surface area contributed by atoms with Gasteiger partial charge in [0.15, 0.2) is 0 Å². The first kappa shape index (κ1) is 15.8. The molecule has 1 amide bonds. The molecule has 2 rings (SSSR count). The van der Waals surface area contributed by atoms with Crippen LogP contribution in [0.1, 0.15) is 34.1 Å². The fraction of sp³-hybridized carbons (Fsp3) is 0.588. The Morgan fingerprint density at radius 1 is 1.33 bits per heavy atom. The van der Waals surface area contributed by atoms with Gasteiger partial charge in [-0.2, -0.15) is 0 Å². The lowest BCUT2D eigenvalue weighted by molar-refractivity contribution is -0.120. The Morgan fingerprint density at radius 2 is 1.95 bits per heavy atom. The first-order valence-electron chi connectivity index (χ1n) is 7.68. The van der Waals surface area contributed by atoms with E-state index in [9.17, 15) is 4.79 Å². The summed E-state index contributed by atoms with van der Waals surface area (Å²) in [6, 6.07) is 7.16. The quantitative estimate of drug-likeness (QED) is 0.841. The zero-order valence-electron chi connectivity index (χ0n) is 13.5. The summed E-state index contributed by atoms with van der Waals surface area (Å²) in [5.74, 6) is 0.707. The first-order chi connectivity index (χ1) is 9.77. The molecule has 1 aromatic rings. The summed E-state index contributed by atoms with van der Waals surface area (Å²) in [5.41, 5.74) is 7.46. The Hall–Kier alpha value is -1.55. The highest BCUT2D eigenvalue weighted by molar-refractivity contribution is 5.94. The van der Waals surface area contributed by atoms with Gasteiger partial charge in [0.1, 0.15) is 0 Å². The normalized spacial score (nSPS) is 21.2. The summed E-state index contributed by atoms with van der Waals surface area (Å²) in [7, 11) is 0. The highest BCUT2D eigenvalue weighted by Gasteiger charge is 2.35. The van der Waals surface area contributed by atoms with Gasteiger partial charge in [0.05, 0.1) is 6.04 Å². The van der Waals surface area contributed by atoms with Gasteiger partial charge < -0.3 is 11.1 Å². The van der Waals surface area contributed by atoms with Gasteiger partial charge in [-0.05, 0) is 55.5 Å². The molecule has 1 heterocycles. The van der Waals surface area contributed by atoms with Gasteiger partial charge in [0, 0.05) is 17.9 Å². The Kier molecular flexibility index (Phi) is 4.57. The molecule has 3 N–H and O–H groups in total. The second kappa shape index (κ2) is 6.06. The zero-order chi connectivity index (χ0) is 15.6. The molecule has 1 aromatic carbocycles. The van der Waals surface area contributed by atoms with Crippen molar-refractivity contribution in [3.05, 3.63) is 24.3 Å². The second-order valence-corrected chi connectivity index (χ2v) is 7.13. The van der Waals surface area contributed by atoms with E-state index in [0.717, 1.165) is 18.8 Å². The van der Waals surface area contributed by atoms with Crippen LogP contribution < -0.4 is 11.1 Å². The molecule has 0 aromatic heterocycles. The van der Waals surface area contributed by atoms with Crippen LogP contribution in [0.2, 0.25) is 0 Å². The minimum atomic E-state index is -0.102. The number of nitrogens with zero attached hydrogens (tertiary/aromatic N) is 1. The van der Waals surface area contributed by atoms with Crippen molar-refractivity contribution in [2.45, 2.75) is 40.2 Å². The average Bonchev–Trinajstić information content (AvgIpc) is 2.90. The van der Waals surface area contributed by atoms with Crippen molar-refractivity contribution in [2.75, 3.05) is 24.1 Å². The van der Waals surface area contributed by atoms with Gasteiger partial charge in [0.2, 0.25) is 5.91 Å². The highest BCUT2D eigenvalue weighted by atomic mass is 16.2. The van der Waals surface area contributed by atoms with Crippen molar-refractivity contribution in [1.29, 1.82) is 0 Å². The largest absolute Gasteiger partial charge is 0.399 e. The Labute approximate surface area is 127 Å². The predicted octanol–water partition coefficient (Wildman–Crippen LogP) is 2.96. The van der Waals surface area contributed by atoms with Crippen LogP contribution in [0.5, 0.6) is 0 Å². The van der Waals surface area contributed by atoms with E-state index < -0.39 is 0 Å². The van der Waals surface area contributed by atoms with Crippen LogP contribution in [0.15, 0.2) is 24.3 Å². The van der Waals surface area contributed by atoms with Crippen LogP contribution >= 0.6 is 0 Å². The minimum absolute atomic E-state index is 0.0503. The molecule has 4 nitrogen and oxygen atoms in total. The Morgan fingerprint density at radius 3 is 2.48 bits per heavy atom. The average molecular weight is 289 g/mol. The molecule has 116 valence electrons. The zero-order valence-corrected chi connectivity index (χ0v) is 13.5. The number of rotatable bonds is 3. The number of hydrogen-bond donors (Lipinski definition) is 2. The van der Waals surface area contributed by atoms with Gasteiger partial charge >= 0.3 is 0 Å². The molecular formula is C17H27N3O. The lowest BCUT2D eigenvalue weighted by Gasteiger charge is -2.28. The molecule has 1 saturated heterocycles. The highest BCUT2D eigenvalue weighted by Crippen LogP contribution is 2.34. The topological polar surface area (TPSA) is 58.4 Å².